The van der Waals surface area contributed by atoms with Gasteiger partial charge in [-0.2, -0.15) is 0 Å². The monoisotopic (exact) mass is 276 g/mol. The van der Waals surface area contributed by atoms with Gasteiger partial charge in [0, 0.05) is 12.4 Å². The number of benzene rings is 2. The Labute approximate surface area is 125 Å². The second kappa shape index (κ2) is 6.06. The molecule has 1 unspecified atom stereocenters. The normalized spacial score (nSPS) is 12.5. The molecule has 3 rings (SSSR count). The fraction of sp³-hybridized carbons (Fsp3) is 0.211. The average molecular weight is 276 g/mol. The van der Waals surface area contributed by atoms with E-state index in [0.717, 1.165) is 6.54 Å². The molecule has 106 valence electrons. The van der Waals surface area contributed by atoms with E-state index in [4.69, 9.17) is 0 Å². The Morgan fingerprint density at radius 3 is 2.62 bits per heavy atom. The van der Waals surface area contributed by atoms with Crippen LogP contribution in [-0.4, -0.2) is 11.5 Å². The van der Waals surface area contributed by atoms with E-state index >= 15 is 0 Å². The Morgan fingerprint density at radius 2 is 1.81 bits per heavy atom. The van der Waals surface area contributed by atoms with Crippen molar-refractivity contribution in [2.45, 2.75) is 19.9 Å². The average Bonchev–Trinajstić information content (AvgIpc) is 2.53. The molecule has 3 aromatic rings. The van der Waals surface area contributed by atoms with Gasteiger partial charge in [0.15, 0.2) is 0 Å². The van der Waals surface area contributed by atoms with E-state index in [-0.39, 0.29) is 6.04 Å². The molecule has 2 heteroatoms. The second-order valence-electron chi connectivity index (χ2n) is 5.29. The summed E-state index contributed by atoms with van der Waals surface area (Å²) in [5.74, 6) is 0. The molecular formula is C19H20N2. The molecule has 0 aliphatic heterocycles. The summed E-state index contributed by atoms with van der Waals surface area (Å²) in [6, 6.07) is 17.3. The lowest BCUT2D eigenvalue weighted by Gasteiger charge is -2.22. The number of nitrogens with one attached hydrogen (secondary N) is 1. The molecule has 1 heterocycles. The number of aryl methyl sites for hydroxylation is 1. The number of nitrogens with zero attached hydrogens (tertiary/aromatic N) is 1. The van der Waals surface area contributed by atoms with Crippen LogP contribution < -0.4 is 5.32 Å². The van der Waals surface area contributed by atoms with Crippen LogP contribution in [0.3, 0.4) is 0 Å². The largest absolute Gasteiger partial charge is 0.306 e. The van der Waals surface area contributed by atoms with E-state index in [9.17, 15) is 0 Å². The lowest BCUT2D eigenvalue weighted by molar-refractivity contribution is 0.629. The van der Waals surface area contributed by atoms with Crippen LogP contribution in [0.5, 0.6) is 0 Å². The molecule has 1 atom stereocenters. The molecule has 21 heavy (non-hydrogen) atoms. The van der Waals surface area contributed by atoms with Crippen molar-refractivity contribution in [3.8, 4) is 0 Å². The first-order valence-electron chi connectivity index (χ1n) is 7.43. The maximum atomic E-state index is 4.31. The zero-order chi connectivity index (χ0) is 14.7. The van der Waals surface area contributed by atoms with Gasteiger partial charge in [-0.1, -0.05) is 49.4 Å². The highest BCUT2D eigenvalue weighted by Gasteiger charge is 2.17. The number of hydrogen-bond acceptors (Lipinski definition) is 2. The Kier molecular flexibility index (Phi) is 3.98. The number of aromatic nitrogens is 1. The molecule has 2 aromatic carbocycles. The first-order valence-corrected chi connectivity index (χ1v) is 7.43. The summed E-state index contributed by atoms with van der Waals surface area (Å²) in [4.78, 5) is 4.31. The van der Waals surface area contributed by atoms with Gasteiger partial charge in [0.25, 0.3) is 0 Å². The van der Waals surface area contributed by atoms with Crippen molar-refractivity contribution in [2.75, 3.05) is 6.54 Å². The van der Waals surface area contributed by atoms with Crippen molar-refractivity contribution in [3.63, 3.8) is 0 Å². The van der Waals surface area contributed by atoms with Crippen LogP contribution in [0.1, 0.15) is 29.7 Å². The Morgan fingerprint density at radius 1 is 1.00 bits per heavy atom. The van der Waals surface area contributed by atoms with Crippen molar-refractivity contribution in [1.29, 1.82) is 0 Å². The first-order chi connectivity index (χ1) is 10.3. The predicted molar refractivity (Wildman–Crippen MR) is 88.4 cm³/mol. The number of fused-ring (bicyclic) bond motifs is 1. The van der Waals surface area contributed by atoms with Crippen LogP contribution >= 0.6 is 0 Å². The van der Waals surface area contributed by atoms with Gasteiger partial charge in [0.1, 0.15) is 0 Å². The number of pyridine rings is 1. The van der Waals surface area contributed by atoms with E-state index in [1.807, 2.05) is 12.4 Å². The van der Waals surface area contributed by atoms with Crippen LogP contribution in [0, 0.1) is 6.92 Å². The van der Waals surface area contributed by atoms with Gasteiger partial charge in [-0.05, 0) is 47.0 Å². The van der Waals surface area contributed by atoms with E-state index < -0.39 is 0 Å². The van der Waals surface area contributed by atoms with Crippen molar-refractivity contribution in [1.82, 2.24) is 10.3 Å². The molecule has 0 spiro atoms. The molecule has 0 fully saturated rings. The summed E-state index contributed by atoms with van der Waals surface area (Å²) >= 11 is 0. The van der Waals surface area contributed by atoms with E-state index in [1.54, 1.807) is 0 Å². The van der Waals surface area contributed by atoms with Gasteiger partial charge < -0.3 is 5.32 Å². The zero-order valence-corrected chi connectivity index (χ0v) is 12.5. The fourth-order valence-electron chi connectivity index (χ4n) is 2.87. The van der Waals surface area contributed by atoms with E-state index in [0.29, 0.717) is 0 Å². The van der Waals surface area contributed by atoms with Crippen LogP contribution in [0.15, 0.2) is 60.9 Å². The highest BCUT2D eigenvalue weighted by Crippen LogP contribution is 2.30. The highest BCUT2D eigenvalue weighted by molar-refractivity contribution is 5.86. The predicted octanol–water partition coefficient (Wildman–Crippen LogP) is 4.24. The molecule has 0 saturated carbocycles. The minimum absolute atomic E-state index is 0.176. The lowest BCUT2D eigenvalue weighted by atomic mass is 9.92. The summed E-state index contributed by atoms with van der Waals surface area (Å²) in [5.41, 5.74) is 3.82. The third-order valence-electron chi connectivity index (χ3n) is 3.93. The van der Waals surface area contributed by atoms with Gasteiger partial charge >= 0.3 is 0 Å². The quantitative estimate of drug-likeness (QED) is 0.771. The van der Waals surface area contributed by atoms with Gasteiger partial charge in [-0.25, -0.2) is 0 Å². The molecule has 0 amide bonds. The molecule has 0 aliphatic carbocycles. The molecule has 0 aliphatic rings. The minimum atomic E-state index is 0.176. The Bertz CT molecular complexity index is 744. The minimum Gasteiger partial charge on any atom is -0.306 e. The summed E-state index contributed by atoms with van der Waals surface area (Å²) in [6.07, 6.45) is 3.83. The van der Waals surface area contributed by atoms with Gasteiger partial charge in [0.2, 0.25) is 0 Å². The van der Waals surface area contributed by atoms with Crippen molar-refractivity contribution >= 4 is 10.8 Å². The molecule has 2 nitrogen and oxygen atoms in total. The van der Waals surface area contributed by atoms with Gasteiger partial charge in [0.05, 0.1) is 6.04 Å². The smallest absolute Gasteiger partial charge is 0.0600 e. The van der Waals surface area contributed by atoms with Crippen LogP contribution in [0.25, 0.3) is 10.8 Å². The number of rotatable bonds is 4. The summed E-state index contributed by atoms with van der Waals surface area (Å²) < 4.78 is 0. The van der Waals surface area contributed by atoms with E-state index in [1.165, 1.54) is 27.5 Å². The SMILES string of the molecule is CCNC(c1cnccc1C)c1cccc2ccccc12. The molecule has 0 radical (unpaired) electrons. The zero-order valence-electron chi connectivity index (χ0n) is 12.5. The first kappa shape index (κ1) is 13.8. The Balaban J connectivity index is 2.19. The standard InChI is InChI=1S/C19H20N2/c1-3-21-19(18-13-20-12-11-14(18)2)17-10-6-8-15-7-4-5-9-16(15)17/h4-13,19,21H,3H2,1-2H3. The molecule has 0 saturated heterocycles. The molecule has 1 aromatic heterocycles. The third-order valence-corrected chi connectivity index (χ3v) is 3.93. The Hall–Kier alpha value is -2.19. The van der Waals surface area contributed by atoms with Crippen molar-refractivity contribution in [2.24, 2.45) is 0 Å². The van der Waals surface area contributed by atoms with Crippen molar-refractivity contribution < 1.29 is 0 Å². The topological polar surface area (TPSA) is 24.9 Å². The molecule has 1 N–H and O–H groups in total. The highest BCUT2D eigenvalue weighted by atomic mass is 14.9. The van der Waals surface area contributed by atoms with Crippen molar-refractivity contribution in [3.05, 3.63) is 77.6 Å². The van der Waals surface area contributed by atoms with Gasteiger partial charge in [-0.15, -0.1) is 0 Å². The summed E-state index contributed by atoms with van der Waals surface area (Å²) in [6.45, 7) is 5.21. The van der Waals surface area contributed by atoms with Crippen LogP contribution in [-0.2, 0) is 0 Å². The number of hydrogen-bond donors (Lipinski definition) is 1. The maximum absolute atomic E-state index is 4.31. The molecular weight excluding hydrogens is 256 g/mol. The fourth-order valence-corrected chi connectivity index (χ4v) is 2.87. The third kappa shape index (κ3) is 2.67. The lowest BCUT2D eigenvalue weighted by Crippen LogP contribution is -2.23. The summed E-state index contributed by atoms with van der Waals surface area (Å²) in [7, 11) is 0. The summed E-state index contributed by atoms with van der Waals surface area (Å²) in [5, 5.41) is 6.19. The molecule has 0 bridgehead atoms. The van der Waals surface area contributed by atoms with Gasteiger partial charge in [-0.3, -0.25) is 4.98 Å². The van der Waals surface area contributed by atoms with E-state index in [2.05, 4.69) is 72.7 Å². The van der Waals surface area contributed by atoms with Crippen LogP contribution in [0.4, 0.5) is 0 Å². The second-order valence-corrected chi connectivity index (χ2v) is 5.29. The maximum Gasteiger partial charge on any atom is 0.0600 e. The van der Waals surface area contributed by atoms with Crippen LogP contribution in [0.2, 0.25) is 0 Å².